The van der Waals surface area contributed by atoms with Crippen LogP contribution in [0.4, 0.5) is 0 Å². The molecule has 0 aliphatic carbocycles. The normalized spacial score (nSPS) is 10.8. The van der Waals surface area contributed by atoms with Gasteiger partial charge in [-0.3, -0.25) is 0 Å². The number of carbonyl (C=O) groups is 2. The minimum absolute atomic E-state index is 0.327. The highest BCUT2D eigenvalue weighted by molar-refractivity contribution is 7.26. The second-order valence-electron chi connectivity index (χ2n) is 7.49. The molecule has 0 radical (unpaired) electrons. The third kappa shape index (κ3) is 4.64. The predicted octanol–water partition coefficient (Wildman–Crippen LogP) is 5.90. The van der Waals surface area contributed by atoms with E-state index in [1.54, 1.807) is 38.4 Å². The molecule has 0 aliphatic heterocycles. The van der Waals surface area contributed by atoms with Crippen LogP contribution in [0.2, 0.25) is 0 Å². The number of esters is 2. The van der Waals surface area contributed by atoms with Gasteiger partial charge >= 0.3 is 11.9 Å². The van der Waals surface area contributed by atoms with E-state index in [2.05, 4.69) is 32.2 Å². The van der Waals surface area contributed by atoms with E-state index < -0.39 is 5.97 Å². The average Bonchev–Trinajstić information content (AvgIpc) is 3.11. The van der Waals surface area contributed by atoms with Crippen LogP contribution in [0.15, 0.2) is 48.6 Å². The topological polar surface area (TPSA) is 61.8 Å². The Labute approximate surface area is 185 Å². The van der Waals surface area contributed by atoms with E-state index in [4.69, 9.17) is 14.2 Å². The molecule has 0 saturated heterocycles. The van der Waals surface area contributed by atoms with Gasteiger partial charge in [-0.1, -0.05) is 25.3 Å². The van der Waals surface area contributed by atoms with Gasteiger partial charge < -0.3 is 14.2 Å². The number of rotatable bonds is 8. The van der Waals surface area contributed by atoms with Crippen LogP contribution < -0.4 is 9.47 Å². The van der Waals surface area contributed by atoms with Gasteiger partial charge in [-0.15, -0.1) is 11.3 Å². The average molecular weight is 439 g/mol. The van der Waals surface area contributed by atoms with Crippen LogP contribution in [-0.4, -0.2) is 25.7 Å². The number of hydrogen-bond acceptors (Lipinski definition) is 6. The van der Waals surface area contributed by atoms with Gasteiger partial charge in [0, 0.05) is 26.6 Å². The molecule has 3 rings (SSSR count). The van der Waals surface area contributed by atoms with Gasteiger partial charge in [0.15, 0.2) is 11.5 Å². The summed E-state index contributed by atoms with van der Waals surface area (Å²) in [5, 5.41) is 2.18. The lowest BCUT2D eigenvalue weighted by molar-refractivity contribution is -0.139. The van der Waals surface area contributed by atoms with E-state index in [-0.39, 0.29) is 5.97 Å². The summed E-state index contributed by atoms with van der Waals surface area (Å²) in [6.45, 7) is 12.9. The second kappa shape index (κ2) is 9.35. The van der Waals surface area contributed by atoms with Gasteiger partial charge in [-0.2, -0.15) is 0 Å². The summed E-state index contributed by atoms with van der Waals surface area (Å²) in [6.07, 6.45) is 1.54. The zero-order valence-electron chi connectivity index (χ0n) is 18.3. The third-order valence-corrected chi connectivity index (χ3v) is 6.36. The van der Waals surface area contributed by atoms with Gasteiger partial charge in [0.2, 0.25) is 0 Å². The summed E-state index contributed by atoms with van der Waals surface area (Å²) in [7, 11) is 1.57. The van der Waals surface area contributed by atoms with Crippen LogP contribution in [-0.2, 0) is 20.7 Å². The highest BCUT2D eigenvalue weighted by Crippen LogP contribution is 2.45. The van der Waals surface area contributed by atoms with E-state index in [0.29, 0.717) is 29.3 Å². The van der Waals surface area contributed by atoms with Crippen LogP contribution >= 0.6 is 11.3 Å². The number of carbonyl (C=O) groups excluding carboxylic acids is 2. The van der Waals surface area contributed by atoms with Crippen LogP contribution in [0.1, 0.15) is 31.4 Å². The number of methoxy groups -OCH3 is 1. The monoisotopic (exact) mass is 438 g/mol. The van der Waals surface area contributed by atoms with E-state index in [0.717, 1.165) is 33.0 Å². The maximum atomic E-state index is 12.0. The first-order valence-electron chi connectivity index (χ1n) is 9.96. The highest BCUT2D eigenvalue weighted by atomic mass is 32.1. The number of thiophene rings is 1. The first-order chi connectivity index (χ1) is 14.7. The van der Waals surface area contributed by atoms with Crippen molar-refractivity contribution in [1.29, 1.82) is 0 Å². The molecule has 0 spiro atoms. The lowest BCUT2D eigenvalue weighted by Crippen LogP contribution is -2.08. The van der Waals surface area contributed by atoms with Gasteiger partial charge in [-0.05, 0) is 56.9 Å². The molecule has 0 bridgehead atoms. The minimum atomic E-state index is -0.482. The third-order valence-electron chi connectivity index (χ3n) is 5.02. The summed E-state index contributed by atoms with van der Waals surface area (Å²) < 4.78 is 18.3. The van der Waals surface area contributed by atoms with Crippen molar-refractivity contribution in [2.75, 3.05) is 13.7 Å². The summed E-state index contributed by atoms with van der Waals surface area (Å²) in [5.41, 5.74) is 3.13. The number of ether oxygens (including phenoxy) is 3. The fourth-order valence-corrected chi connectivity index (χ4v) is 4.66. The Morgan fingerprint density at radius 2 is 1.61 bits per heavy atom. The van der Waals surface area contributed by atoms with Crippen molar-refractivity contribution in [3.63, 3.8) is 0 Å². The van der Waals surface area contributed by atoms with Gasteiger partial charge in [0.1, 0.15) is 0 Å². The SMILES string of the molecule is C=C(C)C(=O)OCCCc1ccc2c(sc3c(OC)c(OC(=O)C(=C)C)ccc32)c1C. The molecule has 1 heterocycles. The largest absolute Gasteiger partial charge is 0.491 e. The fraction of sp³-hybridized carbons (Fsp3) is 0.280. The molecule has 162 valence electrons. The van der Waals surface area contributed by atoms with E-state index in [1.807, 2.05) is 6.07 Å². The Bertz CT molecular complexity index is 1200. The Balaban J connectivity index is 1.92. The Morgan fingerprint density at radius 3 is 2.26 bits per heavy atom. The second-order valence-corrected chi connectivity index (χ2v) is 8.51. The van der Waals surface area contributed by atoms with Crippen molar-refractivity contribution < 1.29 is 23.8 Å². The first kappa shape index (κ1) is 22.6. The molecule has 0 aliphatic rings. The maximum absolute atomic E-state index is 12.0. The first-order valence-corrected chi connectivity index (χ1v) is 10.8. The van der Waals surface area contributed by atoms with Crippen molar-refractivity contribution in [3.8, 4) is 11.5 Å². The minimum Gasteiger partial charge on any atom is -0.491 e. The summed E-state index contributed by atoms with van der Waals surface area (Å²) in [6, 6.07) is 7.93. The van der Waals surface area contributed by atoms with E-state index in [9.17, 15) is 9.59 Å². The molecule has 0 atom stereocenters. The molecule has 31 heavy (non-hydrogen) atoms. The molecular formula is C25H26O5S. The zero-order chi connectivity index (χ0) is 22.7. The molecule has 0 fully saturated rings. The van der Waals surface area contributed by atoms with Crippen molar-refractivity contribution in [3.05, 3.63) is 59.7 Å². The number of aryl methyl sites for hydroxylation is 2. The standard InChI is InChI=1S/C25H26O5S/c1-14(2)24(26)29-13-7-8-17-9-10-18-19-11-12-20(30-25(27)15(3)4)21(28-6)23(19)31-22(18)16(17)5/h9-12H,1,3,7-8,13H2,2,4-6H3. The number of hydrogen-bond donors (Lipinski definition) is 0. The Morgan fingerprint density at radius 1 is 0.968 bits per heavy atom. The van der Waals surface area contributed by atoms with Crippen LogP contribution in [0, 0.1) is 6.92 Å². The van der Waals surface area contributed by atoms with E-state index in [1.165, 1.54) is 11.1 Å². The summed E-state index contributed by atoms with van der Waals surface area (Å²) >= 11 is 1.62. The molecule has 0 unspecified atom stereocenters. The molecule has 1 aromatic heterocycles. The Kier molecular flexibility index (Phi) is 6.81. The molecular weight excluding hydrogens is 412 g/mol. The number of benzene rings is 2. The fourth-order valence-electron chi connectivity index (χ4n) is 3.32. The van der Waals surface area contributed by atoms with Gasteiger partial charge in [0.25, 0.3) is 0 Å². The lowest BCUT2D eigenvalue weighted by atomic mass is 10.0. The molecule has 6 heteroatoms. The maximum Gasteiger partial charge on any atom is 0.338 e. The van der Waals surface area contributed by atoms with Crippen molar-refractivity contribution >= 4 is 43.4 Å². The van der Waals surface area contributed by atoms with Crippen LogP contribution in [0.3, 0.4) is 0 Å². The van der Waals surface area contributed by atoms with Gasteiger partial charge in [-0.25, -0.2) is 9.59 Å². The molecule has 0 saturated carbocycles. The predicted molar refractivity (Wildman–Crippen MR) is 125 cm³/mol. The van der Waals surface area contributed by atoms with Crippen molar-refractivity contribution in [2.24, 2.45) is 0 Å². The van der Waals surface area contributed by atoms with Crippen molar-refractivity contribution in [1.82, 2.24) is 0 Å². The Hall–Kier alpha value is -3.12. The number of fused-ring (bicyclic) bond motifs is 3. The highest BCUT2D eigenvalue weighted by Gasteiger charge is 2.18. The summed E-state index contributed by atoms with van der Waals surface area (Å²) in [5.74, 6) is 0.0872. The molecule has 2 aromatic carbocycles. The van der Waals surface area contributed by atoms with Crippen LogP contribution in [0.25, 0.3) is 20.2 Å². The smallest absolute Gasteiger partial charge is 0.338 e. The zero-order valence-corrected chi connectivity index (χ0v) is 19.1. The molecule has 0 amide bonds. The molecule has 5 nitrogen and oxygen atoms in total. The van der Waals surface area contributed by atoms with Crippen molar-refractivity contribution in [2.45, 2.75) is 33.6 Å². The molecule has 3 aromatic rings. The lowest BCUT2D eigenvalue weighted by Gasteiger charge is -2.10. The molecule has 0 N–H and O–H groups in total. The quantitative estimate of drug-likeness (QED) is 0.189. The summed E-state index contributed by atoms with van der Waals surface area (Å²) in [4.78, 5) is 23.5. The van der Waals surface area contributed by atoms with Crippen LogP contribution in [0.5, 0.6) is 11.5 Å². The van der Waals surface area contributed by atoms with E-state index >= 15 is 0 Å². The van der Waals surface area contributed by atoms with Gasteiger partial charge in [0.05, 0.1) is 18.4 Å².